The van der Waals surface area contributed by atoms with E-state index < -0.39 is 65.1 Å². The van der Waals surface area contributed by atoms with Gasteiger partial charge in [0.25, 0.3) is 0 Å². The van der Waals surface area contributed by atoms with Crippen LogP contribution in [0.5, 0.6) is 0 Å². The largest absolute Gasteiger partial charge is 0.453 e. The molecule has 4 atom stereocenters. The number of esters is 4. The summed E-state index contributed by atoms with van der Waals surface area (Å²) in [5.74, 6) is -1.91. The molecular formula is C57H52O9S2. The molecule has 0 N–H and O–H groups in total. The maximum Gasteiger partial charge on any atom is 0.338 e. The van der Waals surface area contributed by atoms with Gasteiger partial charge in [0.15, 0.2) is 24.4 Å². The summed E-state index contributed by atoms with van der Waals surface area (Å²) in [6.45, 7) is 3.50. The highest BCUT2D eigenvalue weighted by Crippen LogP contribution is 2.42. The highest BCUT2D eigenvalue weighted by molar-refractivity contribution is 8.17. The van der Waals surface area contributed by atoms with Crippen molar-refractivity contribution in [3.05, 3.63) is 251 Å². The van der Waals surface area contributed by atoms with Crippen LogP contribution in [-0.4, -0.2) is 71.0 Å². The number of ether oxygens (including phenoxy) is 5. The monoisotopic (exact) mass is 944 g/mol. The van der Waals surface area contributed by atoms with E-state index >= 15 is 0 Å². The standard InChI is InChI=1S/C57H52O9S2/c1-3-67-56(68-4-2)51(66-55(61)44-32-18-8-19-33-44)50(65-54(60)43-30-16-7-17-31-43)49(64-53(59)42-28-14-6-15-29-42)48(63-52(58)41-26-12-5-13-27-41)40-62-57(45-34-20-9-21-35-45,46-36-22-10-23-37-46)47-38-24-11-25-39-47/h5-39,48-51,56H,3-4,40H2,1-2H3/t48-,49+,50-,51-/m1/s1. The van der Waals surface area contributed by atoms with Gasteiger partial charge in [-0.1, -0.05) is 178 Å². The average molecular weight is 945 g/mol. The van der Waals surface area contributed by atoms with Crippen LogP contribution in [0.2, 0.25) is 0 Å². The van der Waals surface area contributed by atoms with Crippen molar-refractivity contribution in [1.29, 1.82) is 0 Å². The molecule has 0 unspecified atom stereocenters. The molecule has 0 saturated carbocycles. The number of carbonyl (C=O) groups excluding carboxylic acids is 4. The Morgan fingerprint density at radius 2 is 0.662 bits per heavy atom. The fraction of sp³-hybridized carbons (Fsp3) is 0.193. The zero-order valence-electron chi connectivity index (χ0n) is 37.7. The van der Waals surface area contributed by atoms with Crippen molar-refractivity contribution in [2.45, 2.75) is 48.4 Å². The number of benzene rings is 7. The van der Waals surface area contributed by atoms with Gasteiger partial charge in [-0.25, -0.2) is 19.2 Å². The van der Waals surface area contributed by atoms with Crippen molar-refractivity contribution in [2.24, 2.45) is 0 Å². The first kappa shape index (κ1) is 49.0. The molecule has 7 rings (SSSR count). The highest BCUT2D eigenvalue weighted by atomic mass is 32.2. The molecule has 0 fully saturated rings. The fourth-order valence-electron chi connectivity index (χ4n) is 7.77. The first-order valence-corrected chi connectivity index (χ1v) is 24.5. The van der Waals surface area contributed by atoms with Crippen LogP contribution in [0, 0.1) is 0 Å². The molecule has 0 radical (unpaired) electrons. The number of carbonyl (C=O) groups is 4. The van der Waals surface area contributed by atoms with E-state index in [2.05, 4.69) is 0 Å². The van der Waals surface area contributed by atoms with Crippen molar-refractivity contribution >= 4 is 47.4 Å². The minimum absolute atomic E-state index is 0.173. The number of thioether (sulfide) groups is 2. The van der Waals surface area contributed by atoms with E-state index in [1.54, 1.807) is 121 Å². The third-order valence-corrected chi connectivity index (χ3v) is 13.7. The molecule has 68 heavy (non-hydrogen) atoms. The van der Waals surface area contributed by atoms with E-state index in [1.807, 2.05) is 105 Å². The fourth-order valence-corrected chi connectivity index (χ4v) is 10.4. The second kappa shape index (κ2) is 24.7. The summed E-state index contributed by atoms with van der Waals surface area (Å²) in [7, 11) is 0. The van der Waals surface area contributed by atoms with Crippen LogP contribution in [0.1, 0.15) is 72.0 Å². The highest BCUT2D eigenvalue weighted by Gasteiger charge is 2.49. The molecule has 11 heteroatoms. The van der Waals surface area contributed by atoms with E-state index in [0.29, 0.717) is 11.5 Å². The molecule has 346 valence electrons. The van der Waals surface area contributed by atoms with Gasteiger partial charge >= 0.3 is 23.9 Å². The Bertz CT molecular complexity index is 2540. The van der Waals surface area contributed by atoms with Crippen molar-refractivity contribution in [2.75, 3.05) is 18.1 Å². The Labute approximate surface area is 406 Å². The van der Waals surface area contributed by atoms with Gasteiger partial charge in [-0.15, -0.1) is 23.5 Å². The summed E-state index contributed by atoms with van der Waals surface area (Å²) in [4.78, 5) is 58.2. The summed E-state index contributed by atoms with van der Waals surface area (Å²) >= 11 is 2.95. The van der Waals surface area contributed by atoms with Crippen molar-refractivity contribution in [3.63, 3.8) is 0 Å². The summed E-state index contributed by atoms with van der Waals surface area (Å²) in [6, 6.07) is 62.5. The van der Waals surface area contributed by atoms with Crippen LogP contribution >= 0.6 is 23.5 Å². The summed E-state index contributed by atoms with van der Waals surface area (Å²) in [6.07, 6.45) is -6.12. The molecule has 0 aromatic heterocycles. The Kier molecular flexibility index (Phi) is 17.8. The predicted octanol–water partition coefficient (Wildman–Crippen LogP) is 11.7. The number of rotatable bonds is 22. The number of hydrogen-bond acceptors (Lipinski definition) is 11. The third kappa shape index (κ3) is 12.3. The van der Waals surface area contributed by atoms with E-state index in [9.17, 15) is 19.2 Å². The Morgan fingerprint density at radius 1 is 0.382 bits per heavy atom. The Morgan fingerprint density at radius 3 is 0.985 bits per heavy atom. The first-order chi connectivity index (χ1) is 33.3. The van der Waals surface area contributed by atoms with Crippen LogP contribution in [0.25, 0.3) is 0 Å². The van der Waals surface area contributed by atoms with Crippen LogP contribution in [0.3, 0.4) is 0 Å². The van der Waals surface area contributed by atoms with Gasteiger partial charge in [-0.2, -0.15) is 0 Å². The molecule has 0 heterocycles. The van der Waals surface area contributed by atoms with Crippen LogP contribution in [0.15, 0.2) is 212 Å². The summed E-state index contributed by atoms with van der Waals surface area (Å²) in [5.41, 5.74) is 1.73. The Hall–Kier alpha value is -6.92. The molecule has 0 amide bonds. The van der Waals surface area contributed by atoms with E-state index in [0.717, 1.165) is 16.7 Å². The number of hydrogen-bond donors (Lipinski definition) is 0. The van der Waals surface area contributed by atoms with Gasteiger partial charge in [0, 0.05) is 0 Å². The van der Waals surface area contributed by atoms with Crippen molar-refractivity contribution in [1.82, 2.24) is 0 Å². The molecule has 7 aromatic carbocycles. The lowest BCUT2D eigenvalue weighted by Gasteiger charge is -2.41. The second-order valence-corrected chi connectivity index (χ2v) is 18.5. The Balaban J connectivity index is 1.46. The molecular weight excluding hydrogens is 893 g/mol. The molecule has 0 spiro atoms. The van der Waals surface area contributed by atoms with Gasteiger partial charge < -0.3 is 23.7 Å². The predicted molar refractivity (Wildman–Crippen MR) is 268 cm³/mol. The zero-order chi connectivity index (χ0) is 47.6. The van der Waals surface area contributed by atoms with Gasteiger partial charge in [-0.3, -0.25) is 0 Å². The van der Waals surface area contributed by atoms with Gasteiger partial charge in [0.2, 0.25) is 0 Å². The third-order valence-electron chi connectivity index (χ3n) is 11.0. The lowest BCUT2D eigenvalue weighted by atomic mass is 9.80. The van der Waals surface area contributed by atoms with Crippen LogP contribution in [-0.2, 0) is 29.3 Å². The van der Waals surface area contributed by atoms with E-state index in [1.165, 1.54) is 23.5 Å². The smallest absolute Gasteiger partial charge is 0.338 e. The minimum Gasteiger partial charge on any atom is -0.453 e. The van der Waals surface area contributed by atoms with Gasteiger partial charge in [-0.05, 0) is 76.7 Å². The van der Waals surface area contributed by atoms with Crippen molar-refractivity contribution < 1.29 is 42.9 Å². The first-order valence-electron chi connectivity index (χ1n) is 22.4. The minimum atomic E-state index is -1.67. The normalized spacial score (nSPS) is 13.0. The van der Waals surface area contributed by atoms with Crippen LogP contribution in [0.4, 0.5) is 0 Å². The molecule has 0 aliphatic heterocycles. The molecule has 0 aliphatic carbocycles. The summed E-state index contributed by atoms with van der Waals surface area (Å²) in [5, 5.41) is 0. The SMILES string of the molecule is CCSC(SCC)[C@H](OC(=O)c1ccccc1)[C@H](OC(=O)c1ccccc1)[C@@H](OC(=O)c1ccccc1)[C@@H](COC(c1ccccc1)(c1ccccc1)c1ccccc1)OC(=O)c1ccccc1. The van der Waals surface area contributed by atoms with Gasteiger partial charge in [0.05, 0.1) is 33.4 Å². The van der Waals surface area contributed by atoms with E-state index in [4.69, 9.17) is 23.7 Å². The lowest BCUT2D eigenvalue weighted by molar-refractivity contribution is -0.142. The molecule has 9 nitrogen and oxygen atoms in total. The average Bonchev–Trinajstić information content (AvgIpc) is 3.40. The second-order valence-electron chi connectivity index (χ2n) is 15.4. The quantitative estimate of drug-likeness (QED) is 0.0280. The molecule has 0 aliphatic rings. The maximum atomic E-state index is 14.7. The van der Waals surface area contributed by atoms with Crippen LogP contribution < -0.4 is 0 Å². The molecule has 0 bridgehead atoms. The lowest BCUT2D eigenvalue weighted by Crippen LogP contribution is -2.56. The molecule has 0 saturated heterocycles. The maximum absolute atomic E-state index is 14.7. The van der Waals surface area contributed by atoms with Gasteiger partial charge in [0.1, 0.15) is 5.60 Å². The molecule has 7 aromatic rings. The topological polar surface area (TPSA) is 114 Å². The zero-order valence-corrected chi connectivity index (χ0v) is 39.3. The van der Waals surface area contributed by atoms with Crippen molar-refractivity contribution in [3.8, 4) is 0 Å². The summed E-state index contributed by atoms with van der Waals surface area (Å²) < 4.78 is 33.1. The van der Waals surface area contributed by atoms with E-state index in [-0.39, 0.29) is 22.3 Å².